The first-order valence-electron chi connectivity index (χ1n) is 8.97. The summed E-state index contributed by atoms with van der Waals surface area (Å²) in [6, 6.07) is 0. The Bertz CT molecular complexity index is 139. The highest BCUT2D eigenvalue weighted by atomic mass is 14.9. The van der Waals surface area contributed by atoms with E-state index in [4.69, 9.17) is 0 Å². The Kier molecular flexibility index (Phi) is 26.4. The van der Waals surface area contributed by atoms with Crippen LogP contribution < -0.4 is 10.6 Å². The summed E-state index contributed by atoms with van der Waals surface area (Å²) in [6.45, 7) is 21.7. The Hall–Kier alpha value is -0.0800. The van der Waals surface area contributed by atoms with Crippen LogP contribution in [0.15, 0.2) is 0 Å². The first kappa shape index (κ1) is 24.9. The lowest BCUT2D eigenvalue weighted by Crippen LogP contribution is -2.28. The molecule has 0 aliphatic carbocycles. The molecular weight excluding hydrogens is 244 g/mol. The molecule has 0 aromatic carbocycles. The average molecular weight is 289 g/mol. The SMILES string of the molecule is CC.CC.CCCCCNCCNCCCC(C)(C)C. The Morgan fingerprint density at radius 2 is 1.10 bits per heavy atom. The number of rotatable bonds is 10. The first-order valence-corrected chi connectivity index (χ1v) is 8.97. The smallest absolute Gasteiger partial charge is 0.00767 e. The van der Waals surface area contributed by atoms with Crippen molar-refractivity contribution in [3.63, 3.8) is 0 Å². The van der Waals surface area contributed by atoms with Gasteiger partial charge in [0.25, 0.3) is 0 Å². The van der Waals surface area contributed by atoms with Gasteiger partial charge in [0.1, 0.15) is 0 Å². The molecule has 0 atom stereocenters. The van der Waals surface area contributed by atoms with Crippen LogP contribution in [0.25, 0.3) is 0 Å². The highest BCUT2D eigenvalue weighted by Crippen LogP contribution is 2.19. The summed E-state index contributed by atoms with van der Waals surface area (Å²) in [7, 11) is 0. The lowest BCUT2D eigenvalue weighted by molar-refractivity contribution is 0.361. The highest BCUT2D eigenvalue weighted by molar-refractivity contribution is 4.62. The van der Waals surface area contributed by atoms with E-state index in [2.05, 4.69) is 38.3 Å². The van der Waals surface area contributed by atoms with Crippen LogP contribution in [-0.2, 0) is 0 Å². The summed E-state index contributed by atoms with van der Waals surface area (Å²) in [5.74, 6) is 0. The van der Waals surface area contributed by atoms with E-state index in [0.29, 0.717) is 5.41 Å². The number of hydrogen-bond acceptors (Lipinski definition) is 2. The Balaban J connectivity index is -0.000000656. The van der Waals surface area contributed by atoms with Crippen molar-refractivity contribution in [1.29, 1.82) is 0 Å². The topological polar surface area (TPSA) is 24.1 Å². The Morgan fingerprint density at radius 3 is 1.50 bits per heavy atom. The van der Waals surface area contributed by atoms with E-state index in [1.807, 2.05) is 27.7 Å². The summed E-state index contributed by atoms with van der Waals surface area (Å²) < 4.78 is 0. The van der Waals surface area contributed by atoms with Crippen molar-refractivity contribution in [2.45, 2.75) is 87.5 Å². The van der Waals surface area contributed by atoms with Gasteiger partial charge in [-0.25, -0.2) is 0 Å². The van der Waals surface area contributed by atoms with E-state index in [1.54, 1.807) is 0 Å². The zero-order chi connectivity index (χ0) is 16.3. The summed E-state index contributed by atoms with van der Waals surface area (Å²) in [6.07, 6.45) is 6.59. The van der Waals surface area contributed by atoms with Crippen LogP contribution in [0.2, 0.25) is 0 Å². The van der Waals surface area contributed by atoms with Gasteiger partial charge in [0.2, 0.25) is 0 Å². The minimum absolute atomic E-state index is 0.486. The van der Waals surface area contributed by atoms with Gasteiger partial charge in [-0.15, -0.1) is 0 Å². The Morgan fingerprint density at radius 1 is 0.650 bits per heavy atom. The maximum atomic E-state index is 3.49. The van der Waals surface area contributed by atoms with Crippen LogP contribution in [0.5, 0.6) is 0 Å². The summed E-state index contributed by atoms with van der Waals surface area (Å²) in [5, 5.41) is 6.95. The van der Waals surface area contributed by atoms with Gasteiger partial charge in [0, 0.05) is 13.1 Å². The molecule has 2 N–H and O–H groups in total. The molecular formula is C18H44N2. The fourth-order valence-corrected chi connectivity index (χ4v) is 1.67. The predicted molar refractivity (Wildman–Crippen MR) is 96.6 cm³/mol. The van der Waals surface area contributed by atoms with Crippen molar-refractivity contribution in [2.24, 2.45) is 5.41 Å². The maximum absolute atomic E-state index is 3.49. The lowest BCUT2D eigenvalue weighted by atomic mass is 9.91. The number of unbranched alkanes of at least 4 members (excludes halogenated alkanes) is 2. The zero-order valence-electron chi connectivity index (χ0n) is 15.9. The number of nitrogens with one attached hydrogen (secondary N) is 2. The maximum Gasteiger partial charge on any atom is 0.00767 e. The zero-order valence-corrected chi connectivity index (χ0v) is 15.9. The second-order valence-corrected chi connectivity index (χ2v) is 5.87. The number of hydrogen-bond donors (Lipinski definition) is 2. The van der Waals surface area contributed by atoms with E-state index < -0.39 is 0 Å². The normalized spacial score (nSPS) is 10.2. The van der Waals surface area contributed by atoms with Crippen molar-refractivity contribution in [1.82, 2.24) is 10.6 Å². The van der Waals surface area contributed by atoms with E-state index in [0.717, 1.165) is 19.6 Å². The molecule has 0 aromatic heterocycles. The minimum atomic E-state index is 0.486. The van der Waals surface area contributed by atoms with Crippen molar-refractivity contribution in [2.75, 3.05) is 26.2 Å². The van der Waals surface area contributed by atoms with Gasteiger partial charge in [0.05, 0.1) is 0 Å². The molecule has 0 saturated heterocycles. The molecule has 2 nitrogen and oxygen atoms in total. The third kappa shape index (κ3) is 30.7. The summed E-state index contributed by atoms with van der Waals surface area (Å²) in [5.41, 5.74) is 0.486. The van der Waals surface area contributed by atoms with Gasteiger partial charge in [-0.1, -0.05) is 68.2 Å². The largest absolute Gasteiger partial charge is 0.315 e. The molecule has 126 valence electrons. The molecule has 0 bridgehead atoms. The fourth-order valence-electron chi connectivity index (χ4n) is 1.67. The third-order valence-corrected chi connectivity index (χ3v) is 2.72. The predicted octanol–water partition coefficient (Wildman–Crippen LogP) is 5.23. The van der Waals surface area contributed by atoms with Gasteiger partial charge in [-0.2, -0.15) is 0 Å². The van der Waals surface area contributed by atoms with E-state index in [9.17, 15) is 0 Å². The molecule has 0 amide bonds. The van der Waals surface area contributed by atoms with Gasteiger partial charge in [-0.3, -0.25) is 0 Å². The molecule has 0 heterocycles. The van der Waals surface area contributed by atoms with Crippen LogP contribution in [-0.4, -0.2) is 26.2 Å². The molecule has 20 heavy (non-hydrogen) atoms. The standard InChI is InChI=1S/C14H32N2.2C2H6/c1-5-6-7-10-15-12-13-16-11-8-9-14(2,3)4;2*1-2/h15-16H,5-13H2,1-4H3;2*1-2H3. The monoisotopic (exact) mass is 288 g/mol. The highest BCUT2D eigenvalue weighted by Gasteiger charge is 2.08. The van der Waals surface area contributed by atoms with E-state index in [-0.39, 0.29) is 0 Å². The van der Waals surface area contributed by atoms with Crippen LogP contribution in [0.1, 0.15) is 87.5 Å². The molecule has 0 aromatic rings. The molecule has 0 aliphatic heterocycles. The third-order valence-electron chi connectivity index (χ3n) is 2.72. The second kappa shape index (κ2) is 21.2. The van der Waals surface area contributed by atoms with Gasteiger partial charge in [0.15, 0.2) is 0 Å². The van der Waals surface area contributed by atoms with Gasteiger partial charge < -0.3 is 10.6 Å². The van der Waals surface area contributed by atoms with Crippen LogP contribution in [0.4, 0.5) is 0 Å². The van der Waals surface area contributed by atoms with Crippen LogP contribution >= 0.6 is 0 Å². The van der Waals surface area contributed by atoms with Gasteiger partial charge in [-0.05, 0) is 37.8 Å². The van der Waals surface area contributed by atoms with Crippen molar-refractivity contribution >= 4 is 0 Å². The summed E-state index contributed by atoms with van der Waals surface area (Å²) in [4.78, 5) is 0. The molecule has 2 heteroatoms. The first-order chi connectivity index (χ1) is 9.56. The van der Waals surface area contributed by atoms with E-state index >= 15 is 0 Å². The van der Waals surface area contributed by atoms with Gasteiger partial charge >= 0.3 is 0 Å². The lowest BCUT2D eigenvalue weighted by Gasteiger charge is -2.17. The molecule has 0 aliphatic rings. The van der Waals surface area contributed by atoms with E-state index in [1.165, 1.54) is 38.6 Å². The molecule has 0 saturated carbocycles. The molecule has 0 rings (SSSR count). The summed E-state index contributed by atoms with van der Waals surface area (Å²) >= 11 is 0. The van der Waals surface area contributed by atoms with Crippen molar-refractivity contribution in [3.8, 4) is 0 Å². The van der Waals surface area contributed by atoms with Crippen molar-refractivity contribution in [3.05, 3.63) is 0 Å². The quantitative estimate of drug-likeness (QED) is 0.538. The average Bonchev–Trinajstić information content (AvgIpc) is 2.44. The molecule has 0 radical (unpaired) electrons. The molecule has 0 unspecified atom stereocenters. The van der Waals surface area contributed by atoms with Crippen LogP contribution in [0.3, 0.4) is 0 Å². The molecule has 0 fully saturated rings. The Labute approximate surface area is 130 Å². The minimum Gasteiger partial charge on any atom is -0.315 e. The van der Waals surface area contributed by atoms with Crippen LogP contribution in [0, 0.1) is 5.41 Å². The van der Waals surface area contributed by atoms with Crippen molar-refractivity contribution < 1.29 is 0 Å². The second-order valence-electron chi connectivity index (χ2n) is 5.87. The fraction of sp³-hybridized carbons (Fsp3) is 1.00. The molecule has 0 spiro atoms.